The Morgan fingerprint density at radius 1 is 1.20 bits per heavy atom. The molecule has 6 atom stereocenters. The first-order valence-electron chi connectivity index (χ1n) is 11.0. The highest BCUT2D eigenvalue weighted by atomic mass is 16.5. The van der Waals surface area contributed by atoms with Gasteiger partial charge >= 0.3 is 6.09 Å². The number of hydrogen-bond donors (Lipinski definition) is 2. The molecule has 3 fully saturated rings. The van der Waals surface area contributed by atoms with Crippen molar-refractivity contribution in [2.45, 2.75) is 57.8 Å². The van der Waals surface area contributed by atoms with Crippen LogP contribution in [0.4, 0.5) is 4.79 Å². The van der Waals surface area contributed by atoms with Gasteiger partial charge < -0.3 is 15.2 Å². The van der Waals surface area contributed by atoms with Crippen molar-refractivity contribution in [3.63, 3.8) is 0 Å². The Hall–Kier alpha value is -2.28. The SMILES string of the molecule is CC(C)(C)C1[C@@H]2[C@H]1C[C@@H]1CN(C(=O)O)[C@H](C(=O)N[C@@H]3CCOc4ccccc43)CN12. The van der Waals surface area contributed by atoms with Crippen molar-refractivity contribution in [2.75, 3.05) is 19.7 Å². The average molecular weight is 414 g/mol. The summed E-state index contributed by atoms with van der Waals surface area (Å²) >= 11 is 0. The van der Waals surface area contributed by atoms with E-state index in [1.165, 1.54) is 4.90 Å². The third-order valence-corrected chi connectivity index (χ3v) is 7.51. The van der Waals surface area contributed by atoms with Gasteiger partial charge in [0.1, 0.15) is 11.8 Å². The van der Waals surface area contributed by atoms with Crippen molar-refractivity contribution in [3.8, 4) is 5.75 Å². The minimum Gasteiger partial charge on any atom is -0.493 e. The number of hydrogen-bond acceptors (Lipinski definition) is 4. The lowest BCUT2D eigenvalue weighted by atomic mass is 9.86. The third kappa shape index (κ3) is 3.14. The van der Waals surface area contributed by atoms with Gasteiger partial charge in [0, 0.05) is 37.2 Å². The van der Waals surface area contributed by atoms with Crippen LogP contribution in [0.2, 0.25) is 0 Å². The molecule has 1 unspecified atom stereocenters. The molecule has 5 rings (SSSR count). The number of piperidine rings is 1. The standard InChI is InChI=1S/C23H31N3O4/c1-23(2,3)19-15-10-13-11-26(22(28)29)17(12-25(13)20(15)19)21(27)24-16-8-9-30-18-7-5-4-6-14(16)18/h4-7,13,15-17,19-20H,8-12H2,1-3H3,(H,24,27)(H,28,29)/t13-,15+,16-,17+,19?,20+/m1/s1. The number of para-hydroxylation sites is 1. The first-order valence-corrected chi connectivity index (χ1v) is 11.0. The third-order valence-electron chi connectivity index (χ3n) is 7.51. The van der Waals surface area contributed by atoms with E-state index in [4.69, 9.17) is 4.74 Å². The molecule has 3 heterocycles. The van der Waals surface area contributed by atoms with Crippen molar-refractivity contribution >= 4 is 12.0 Å². The van der Waals surface area contributed by atoms with Crippen LogP contribution < -0.4 is 10.1 Å². The van der Waals surface area contributed by atoms with Crippen molar-refractivity contribution < 1.29 is 19.4 Å². The number of nitrogens with one attached hydrogen (secondary N) is 1. The lowest BCUT2D eigenvalue weighted by Gasteiger charge is -2.44. The number of carbonyl (C=O) groups is 2. The van der Waals surface area contributed by atoms with Crippen LogP contribution in [0.25, 0.3) is 0 Å². The van der Waals surface area contributed by atoms with Gasteiger partial charge in [0.05, 0.1) is 12.6 Å². The summed E-state index contributed by atoms with van der Waals surface area (Å²) in [4.78, 5) is 29.1. The van der Waals surface area contributed by atoms with Crippen LogP contribution in [0.15, 0.2) is 24.3 Å². The molecule has 162 valence electrons. The van der Waals surface area contributed by atoms with E-state index >= 15 is 0 Å². The van der Waals surface area contributed by atoms with Crippen LogP contribution >= 0.6 is 0 Å². The fourth-order valence-electron chi connectivity index (χ4n) is 6.24. The second kappa shape index (κ2) is 6.87. The Morgan fingerprint density at radius 2 is 1.97 bits per heavy atom. The minimum atomic E-state index is -1.00. The van der Waals surface area contributed by atoms with Gasteiger partial charge in [0.2, 0.25) is 5.91 Å². The molecule has 1 saturated carbocycles. The maximum atomic E-state index is 13.3. The van der Waals surface area contributed by atoms with E-state index in [9.17, 15) is 14.7 Å². The van der Waals surface area contributed by atoms with Crippen LogP contribution in [0.3, 0.4) is 0 Å². The molecule has 30 heavy (non-hydrogen) atoms. The lowest BCUT2D eigenvalue weighted by molar-refractivity contribution is -0.130. The van der Waals surface area contributed by atoms with Gasteiger partial charge in [-0.05, 0) is 29.7 Å². The quantitative estimate of drug-likeness (QED) is 0.779. The molecular weight excluding hydrogens is 382 g/mol. The Balaban J connectivity index is 1.34. The molecule has 2 saturated heterocycles. The summed E-state index contributed by atoms with van der Waals surface area (Å²) in [5, 5.41) is 12.9. The van der Waals surface area contributed by atoms with Gasteiger partial charge in [-0.3, -0.25) is 14.6 Å². The summed E-state index contributed by atoms with van der Waals surface area (Å²) in [6.07, 6.45) is 0.721. The Morgan fingerprint density at radius 3 is 2.70 bits per heavy atom. The number of carboxylic acid groups (broad SMARTS) is 1. The molecule has 2 amide bonds. The molecule has 1 aliphatic carbocycles. The fraction of sp³-hybridized carbons (Fsp3) is 0.652. The van der Waals surface area contributed by atoms with Crippen molar-refractivity contribution in [3.05, 3.63) is 29.8 Å². The number of carbonyl (C=O) groups excluding carboxylic acids is 1. The van der Waals surface area contributed by atoms with Gasteiger partial charge in [-0.2, -0.15) is 0 Å². The van der Waals surface area contributed by atoms with Crippen LogP contribution in [0.1, 0.15) is 45.2 Å². The largest absolute Gasteiger partial charge is 0.493 e. The molecule has 0 spiro atoms. The topological polar surface area (TPSA) is 82.1 Å². The number of benzene rings is 1. The number of ether oxygens (including phenoxy) is 1. The molecule has 1 aromatic rings. The zero-order valence-corrected chi connectivity index (χ0v) is 17.9. The van der Waals surface area contributed by atoms with Crippen molar-refractivity contribution in [2.24, 2.45) is 17.3 Å². The Labute approximate surface area is 177 Å². The Kier molecular flexibility index (Phi) is 4.51. The van der Waals surface area contributed by atoms with E-state index in [0.717, 1.165) is 17.7 Å². The molecule has 1 aromatic carbocycles. The number of piperazine rings is 1. The zero-order valence-electron chi connectivity index (χ0n) is 17.9. The average Bonchev–Trinajstić information content (AvgIpc) is 3.32. The number of nitrogens with zero attached hydrogens (tertiary/aromatic N) is 2. The maximum absolute atomic E-state index is 13.3. The van der Waals surface area contributed by atoms with Crippen LogP contribution in [0.5, 0.6) is 5.75 Å². The molecule has 0 radical (unpaired) electrons. The Bertz CT molecular complexity index is 866. The minimum absolute atomic E-state index is 0.148. The van der Waals surface area contributed by atoms with Gasteiger partial charge in [-0.15, -0.1) is 0 Å². The van der Waals surface area contributed by atoms with Crippen LogP contribution in [0, 0.1) is 17.3 Å². The van der Waals surface area contributed by atoms with Gasteiger partial charge in [0.15, 0.2) is 0 Å². The van der Waals surface area contributed by atoms with E-state index < -0.39 is 12.1 Å². The van der Waals surface area contributed by atoms with Crippen molar-refractivity contribution in [1.82, 2.24) is 15.1 Å². The normalized spacial score (nSPS) is 35.0. The second-order valence-electron chi connectivity index (χ2n) is 10.3. The zero-order chi connectivity index (χ0) is 21.2. The highest BCUT2D eigenvalue weighted by molar-refractivity contribution is 5.86. The molecule has 4 aliphatic rings. The first-order chi connectivity index (χ1) is 14.3. The summed E-state index contributed by atoms with van der Waals surface area (Å²) in [6, 6.07) is 7.64. The predicted octanol–water partition coefficient (Wildman–Crippen LogP) is 2.72. The molecule has 0 aromatic heterocycles. The summed E-state index contributed by atoms with van der Waals surface area (Å²) in [7, 11) is 0. The predicted molar refractivity (Wildman–Crippen MR) is 111 cm³/mol. The fourth-order valence-corrected chi connectivity index (χ4v) is 6.24. The van der Waals surface area contributed by atoms with Crippen molar-refractivity contribution in [1.29, 1.82) is 0 Å². The summed E-state index contributed by atoms with van der Waals surface area (Å²) in [5.74, 6) is 1.86. The van der Waals surface area contributed by atoms with E-state index in [2.05, 4.69) is 31.0 Å². The van der Waals surface area contributed by atoms with Gasteiger partial charge in [0.25, 0.3) is 0 Å². The molecule has 7 heteroatoms. The first kappa shape index (κ1) is 19.7. The van der Waals surface area contributed by atoms with Gasteiger partial charge in [-0.25, -0.2) is 4.79 Å². The van der Waals surface area contributed by atoms with Crippen LogP contribution in [-0.2, 0) is 4.79 Å². The molecule has 3 aliphatic heterocycles. The molecule has 0 bridgehead atoms. The highest BCUT2D eigenvalue weighted by Gasteiger charge is 2.65. The van der Waals surface area contributed by atoms with Gasteiger partial charge in [-0.1, -0.05) is 39.0 Å². The number of amides is 2. The summed E-state index contributed by atoms with van der Waals surface area (Å²) in [6.45, 7) is 8.30. The second-order valence-corrected chi connectivity index (χ2v) is 10.3. The summed E-state index contributed by atoms with van der Waals surface area (Å²) < 4.78 is 5.70. The molecule has 2 N–H and O–H groups in total. The van der Waals surface area contributed by atoms with E-state index in [1.54, 1.807) is 0 Å². The monoisotopic (exact) mass is 413 g/mol. The lowest BCUT2D eigenvalue weighted by Crippen LogP contribution is -2.63. The number of rotatable bonds is 2. The maximum Gasteiger partial charge on any atom is 0.408 e. The smallest absolute Gasteiger partial charge is 0.408 e. The molecule has 7 nitrogen and oxygen atoms in total. The summed E-state index contributed by atoms with van der Waals surface area (Å²) in [5.41, 5.74) is 1.21. The highest BCUT2D eigenvalue weighted by Crippen LogP contribution is 2.61. The van der Waals surface area contributed by atoms with Crippen LogP contribution in [-0.4, -0.2) is 64.7 Å². The van der Waals surface area contributed by atoms with E-state index in [0.29, 0.717) is 44.0 Å². The van der Waals surface area contributed by atoms with E-state index in [-0.39, 0.29) is 23.4 Å². The number of fused-ring (bicyclic) bond motifs is 4. The van der Waals surface area contributed by atoms with E-state index in [1.807, 2.05) is 24.3 Å². The molecular formula is C23H31N3O4.